The predicted octanol–water partition coefficient (Wildman–Crippen LogP) is 0.265. The molecule has 0 unspecified atom stereocenters. The van der Waals surface area contributed by atoms with Gasteiger partial charge in [-0.2, -0.15) is 5.26 Å². The zero-order chi connectivity index (χ0) is 18.8. The van der Waals surface area contributed by atoms with E-state index >= 15 is 0 Å². The Balaban J connectivity index is 1.75. The Kier molecular flexibility index (Phi) is 4.67. The maximum Gasteiger partial charge on any atom is 0.332 e. The van der Waals surface area contributed by atoms with Gasteiger partial charge in [0, 0.05) is 33.2 Å². The van der Waals surface area contributed by atoms with E-state index in [1.807, 2.05) is 6.07 Å². The molecule has 1 saturated heterocycles. The van der Waals surface area contributed by atoms with E-state index in [9.17, 15) is 19.6 Å². The third-order valence-corrected chi connectivity index (χ3v) is 4.67. The van der Waals surface area contributed by atoms with Crippen LogP contribution in [0.25, 0.3) is 0 Å². The molecule has 9 nitrogen and oxygen atoms in total. The van der Waals surface area contributed by atoms with Crippen LogP contribution in [0, 0.1) is 11.3 Å². The topological polar surface area (TPSA) is 113 Å². The molecule has 1 aliphatic rings. The standard InChI is InChI=1S/C17H19N5O4/c1-20-14(13(9-18)16(24)21(2)17(20)25)19-12-3-6-22(7-4-12)15(23)11-5-8-26-10-11/h5,8,10,12,19H,3-4,6-7H2,1-2H3. The summed E-state index contributed by atoms with van der Waals surface area (Å²) in [5, 5.41) is 12.5. The fraction of sp³-hybridized carbons (Fsp3) is 0.412. The average molecular weight is 357 g/mol. The third kappa shape index (κ3) is 3.01. The van der Waals surface area contributed by atoms with E-state index in [0.717, 1.165) is 4.57 Å². The molecule has 0 saturated carbocycles. The SMILES string of the molecule is Cn1c(NC2CCN(C(=O)c3ccoc3)CC2)c(C#N)c(=O)n(C)c1=O. The number of anilines is 1. The van der Waals surface area contributed by atoms with Crippen molar-refractivity contribution in [3.05, 3.63) is 50.6 Å². The molecular weight excluding hydrogens is 338 g/mol. The molecule has 1 N–H and O–H groups in total. The number of hydrogen-bond acceptors (Lipinski definition) is 6. The van der Waals surface area contributed by atoms with Gasteiger partial charge in [0.1, 0.15) is 18.2 Å². The minimum atomic E-state index is -0.620. The second-order valence-corrected chi connectivity index (χ2v) is 6.26. The largest absolute Gasteiger partial charge is 0.472 e. The molecule has 1 amide bonds. The number of hydrogen-bond donors (Lipinski definition) is 1. The summed E-state index contributed by atoms with van der Waals surface area (Å²) in [4.78, 5) is 38.3. The summed E-state index contributed by atoms with van der Waals surface area (Å²) < 4.78 is 7.12. The Morgan fingerprint density at radius 1 is 1.27 bits per heavy atom. The number of piperidine rings is 1. The Morgan fingerprint density at radius 3 is 2.54 bits per heavy atom. The first-order valence-electron chi connectivity index (χ1n) is 8.22. The molecule has 0 aromatic carbocycles. The third-order valence-electron chi connectivity index (χ3n) is 4.67. The summed E-state index contributed by atoms with van der Waals surface area (Å²) in [6.07, 6.45) is 4.15. The molecule has 3 heterocycles. The molecule has 0 radical (unpaired) electrons. The molecule has 1 aliphatic heterocycles. The lowest BCUT2D eigenvalue weighted by atomic mass is 10.0. The molecule has 26 heavy (non-hydrogen) atoms. The smallest absolute Gasteiger partial charge is 0.332 e. The Hall–Kier alpha value is -3.28. The molecule has 0 aliphatic carbocycles. The second kappa shape index (κ2) is 6.92. The van der Waals surface area contributed by atoms with Crippen LogP contribution in [-0.2, 0) is 14.1 Å². The Bertz CT molecular complexity index is 972. The first kappa shape index (κ1) is 17.5. The van der Waals surface area contributed by atoms with Crippen molar-refractivity contribution in [2.75, 3.05) is 18.4 Å². The van der Waals surface area contributed by atoms with Crippen molar-refractivity contribution in [2.24, 2.45) is 14.1 Å². The van der Waals surface area contributed by atoms with Crippen LogP contribution in [0.3, 0.4) is 0 Å². The van der Waals surface area contributed by atoms with Gasteiger partial charge in [-0.05, 0) is 18.9 Å². The number of nitrogens with one attached hydrogen (secondary N) is 1. The highest BCUT2D eigenvalue weighted by atomic mass is 16.3. The van der Waals surface area contributed by atoms with Crippen molar-refractivity contribution in [3.63, 3.8) is 0 Å². The van der Waals surface area contributed by atoms with Gasteiger partial charge in [0.05, 0.1) is 11.8 Å². The number of likely N-dealkylation sites (tertiary alicyclic amines) is 1. The molecular formula is C17H19N5O4. The summed E-state index contributed by atoms with van der Waals surface area (Å²) in [5.41, 5.74) is -0.696. The first-order chi connectivity index (χ1) is 12.4. The highest BCUT2D eigenvalue weighted by Crippen LogP contribution is 2.18. The first-order valence-corrected chi connectivity index (χ1v) is 8.22. The van der Waals surface area contributed by atoms with Gasteiger partial charge in [0.15, 0.2) is 5.56 Å². The lowest BCUT2D eigenvalue weighted by Crippen LogP contribution is -2.44. The predicted molar refractivity (Wildman–Crippen MR) is 92.9 cm³/mol. The van der Waals surface area contributed by atoms with E-state index in [-0.39, 0.29) is 23.3 Å². The van der Waals surface area contributed by atoms with E-state index in [1.165, 1.54) is 31.2 Å². The maximum atomic E-state index is 12.3. The Labute approximate surface area is 149 Å². The van der Waals surface area contributed by atoms with Gasteiger partial charge in [-0.1, -0.05) is 0 Å². The van der Waals surface area contributed by atoms with Crippen molar-refractivity contribution in [1.29, 1.82) is 5.26 Å². The summed E-state index contributed by atoms with van der Waals surface area (Å²) in [6.45, 7) is 1.06. The summed E-state index contributed by atoms with van der Waals surface area (Å²) in [6, 6.07) is 3.46. The van der Waals surface area contributed by atoms with E-state index in [4.69, 9.17) is 4.42 Å². The number of nitrogens with zero attached hydrogens (tertiary/aromatic N) is 4. The van der Waals surface area contributed by atoms with Crippen molar-refractivity contribution < 1.29 is 9.21 Å². The van der Waals surface area contributed by atoms with Gasteiger partial charge in [-0.25, -0.2) is 4.79 Å². The summed E-state index contributed by atoms with van der Waals surface area (Å²) in [5.74, 6) is 0.135. The highest BCUT2D eigenvalue weighted by molar-refractivity contribution is 5.93. The summed E-state index contributed by atoms with van der Waals surface area (Å²) >= 11 is 0. The molecule has 3 rings (SSSR count). The molecule has 2 aromatic rings. The van der Waals surface area contributed by atoms with Gasteiger partial charge >= 0.3 is 5.69 Å². The van der Waals surface area contributed by atoms with Crippen LogP contribution in [0.1, 0.15) is 28.8 Å². The van der Waals surface area contributed by atoms with Gasteiger partial charge < -0.3 is 14.6 Å². The van der Waals surface area contributed by atoms with Gasteiger partial charge in [0.2, 0.25) is 0 Å². The fourth-order valence-electron chi connectivity index (χ4n) is 3.10. The van der Waals surface area contributed by atoms with E-state index < -0.39 is 11.2 Å². The van der Waals surface area contributed by atoms with Gasteiger partial charge in [0.25, 0.3) is 11.5 Å². The monoisotopic (exact) mass is 357 g/mol. The van der Waals surface area contributed by atoms with Crippen LogP contribution in [0.4, 0.5) is 5.82 Å². The highest BCUT2D eigenvalue weighted by Gasteiger charge is 2.26. The minimum Gasteiger partial charge on any atom is -0.472 e. The van der Waals surface area contributed by atoms with Crippen molar-refractivity contribution >= 4 is 11.7 Å². The van der Waals surface area contributed by atoms with Crippen LogP contribution in [0.15, 0.2) is 32.6 Å². The quantitative estimate of drug-likeness (QED) is 0.843. The van der Waals surface area contributed by atoms with Crippen molar-refractivity contribution in [2.45, 2.75) is 18.9 Å². The van der Waals surface area contributed by atoms with Crippen LogP contribution in [0.5, 0.6) is 0 Å². The lowest BCUT2D eigenvalue weighted by molar-refractivity contribution is 0.0717. The molecule has 9 heteroatoms. The fourth-order valence-corrected chi connectivity index (χ4v) is 3.10. The zero-order valence-electron chi connectivity index (χ0n) is 14.6. The van der Waals surface area contributed by atoms with E-state index in [1.54, 1.807) is 11.0 Å². The molecule has 0 atom stereocenters. The van der Waals surface area contributed by atoms with Crippen LogP contribution < -0.4 is 16.6 Å². The van der Waals surface area contributed by atoms with Crippen molar-refractivity contribution in [1.82, 2.24) is 14.0 Å². The maximum absolute atomic E-state index is 12.3. The van der Waals surface area contributed by atoms with Gasteiger partial charge in [-0.15, -0.1) is 0 Å². The number of amides is 1. The van der Waals surface area contributed by atoms with Crippen LogP contribution in [-0.4, -0.2) is 39.1 Å². The zero-order valence-corrected chi connectivity index (χ0v) is 14.6. The van der Waals surface area contributed by atoms with Crippen LogP contribution in [0.2, 0.25) is 0 Å². The number of aromatic nitrogens is 2. The van der Waals surface area contributed by atoms with Gasteiger partial charge in [-0.3, -0.25) is 18.7 Å². The number of nitriles is 1. The van der Waals surface area contributed by atoms with Crippen LogP contribution >= 0.6 is 0 Å². The number of carbonyl (C=O) groups excluding carboxylic acids is 1. The second-order valence-electron chi connectivity index (χ2n) is 6.26. The molecule has 0 bridgehead atoms. The molecule has 0 spiro atoms. The summed E-state index contributed by atoms with van der Waals surface area (Å²) in [7, 11) is 2.86. The number of rotatable bonds is 3. The lowest BCUT2D eigenvalue weighted by Gasteiger charge is -2.33. The Morgan fingerprint density at radius 2 is 1.96 bits per heavy atom. The molecule has 1 fully saturated rings. The van der Waals surface area contributed by atoms with E-state index in [2.05, 4.69) is 5.32 Å². The number of furan rings is 1. The number of carbonyl (C=O) groups is 1. The van der Waals surface area contributed by atoms with Crippen molar-refractivity contribution in [3.8, 4) is 6.07 Å². The normalized spacial score (nSPS) is 14.9. The van der Waals surface area contributed by atoms with E-state index in [0.29, 0.717) is 31.5 Å². The molecule has 2 aromatic heterocycles. The average Bonchev–Trinajstić information content (AvgIpc) is 3.19. The molecule has 136 valence electrons. The minimum absolute atomic E-state index is 0.0480.